The Morgan fingerprint density at radius 2 is 2.07 bits per heavy atom. The predicted molar refractivity (Wildman–Crippen MR) is 93.3 cm³/mol. The molecule has 2 aliphatic heterocycles. The van der Waals surface area contributed by atoms with Crippen LogP contribution in [0.2, 0.25) is 6.32 Å². The van der Waals surface area contributed by atoms with Crippen LogP contribution in [0, 0.1) is 0 Å². The van der Waals surface area contributed by atoms with Crippen LogP contribution in [-0.4, -0.2) is 65.2 Å². The SMILES string of the molecule is NC(=O)CC(N)C(=O)N1CC(Oc2ccc3c(c2C(=O)O)OB(O)CC3)C1. The Balaban J connectivity index is 1.67. The molecule has 1 saturated heterocycles. The van der Waals surface area contributed by atoms with Crippen LogP contribution >= 0.6 is 0 Å². The third-order valence-corrected chi connectivity index (χ3v) is 4.52. The van der Waals surface area contributed by atoms with Gasteiger partial charge in [-0.2, -0.15) is 0 Å². The molecule has 6 N–H and O–H groups in total. The molecule has 27 heavy (non-hydrogen) atoms. The largest absolute Gasteiger partial charge is 0.535 e. The van der Waals surface area contributed by atoms with E-state index in [9.17, 15) is 24.5 Å². The Labute approximate surface area is 155 Å². The first-order chi connectivity index (χ1) is 12.8. The summed E-state index contributed by atoms with van der Waals surface area (Å²) in [5.41, 5.74) is 11.2. The van der Waals surface area contributed by atoms with E-state index in [1.165, 1.54) is 4.90 Å². The van der Waals surface area contributed by atoms with Crippen molar-refractivity contribution in [2.24, 2.45) is 11.5 Å². The highest BCUT2D eigenvalue weighted by Crippen LogP contribution is 2.37. The lowest BCUT2D eigenvalue weighted by atomic mass is 9.78. The van der Waals surface area contributed by atoms with Crippen LogP contribution in [0.3, 0.4) is 0 Å². The summed E-state index contributed by atoms with van der Waals surface area (Å²) >= 11 is 0. The molecule has 1 aromatic rings. The average Bonchev–Trinajstić information content (AvgIpc) is 2.55. The lowest BCUT2D eigenvalue weighted by Crippen LogP contribution is -2.60. The molecule has 3 rings (SSSR count). The maximum Gasteiger partial charge on any atom is 0.522 e. The number of primary amides is 1. The van der Waals surface area contributed by atoms with Crippen molar-refractivity contribution in [2.75, 3.05) is 13.1 Å². The number of rotatable bonds is 6. The zero-order chi connectivity index (χ0) is 19.7. The van der Waals surface area contributed by atoms with Crippen molar-refractivity contribution < 1.29 is 33.9 Å². The maximum absolute atomic E-state index is 12.1. The molecule has 0 bridgehead atoms. The van der Waals surface area contributed by atoms with E-state index >= 15 is 0 Å². The third-order valence-electron chi connectivity index (χ3n) is 4.52. The van der Waals surface area contributed by atoms with Gasteiger partial charge in [0.1, 0.15) is 23.2 Å². The van der Waals surface area contributed by atoms with Crippen LogP contribution in [0.5, 0.6) is 11.5 Å². The standard InChI is InChI=1S/C16H20BN3O7/c18-10(5-12(19)21)15(22)20-6-9(7-20)26-11-2-1-8-3-4-17(25)27-14(8)13(11)16(23)24/h1-2,9-10,25H,3-7,18H2,(H2,19,21)(H,23,24). The number of carboxylic acid groups (broad SMARTS) is 1. The van der Waals surface area contributed by atoms with Gasteiger partial charge in [-0.25, -0.2) is 4.79 Å². The number of aryl methyl sites for hydroxylation is 1. The average molecular weight is 377 g/mol. The fourth-order valence-corrected chi connectivity index (χ4v) is 3.12. The number of amides is 2. The number of fused-ring (bicyclic) bond motifs is 1. The molecule has 1 aromatic carbocycles. The molecule has 1 unspecified atom stereocenters. The molecule has 0 radical (unpaired) electrons. The molecule has 144 valence electrons. The van der Waals surface area contributed by atoms with E-state index in [2.05, 4.69) is 0 Å². The molecule has 0 aromatic heterocycles. The molecule has 1 fully saturated rings. The second kappa shape index (κ2) is 7.45. The normalized spacial score (nSPS) is 17.4. The second-order valence-electron chi connectivity index (χ2n) is 6.60. The van der Waals surface area contributed by atoms with Crippen LogP contribution in [0.25, 0.3) is 0 Å². The summed E-state index contributed by atoms with van der Waals surface area (Å²) in [5, 5.41) is 19.2. The molecule has 2 heterocycles. The number of aromatic carboxylic acids is 1. The number of carbonyl (C=O) groups is 3. The van der Waals surface area contributed by atoms with E-state index in [1.54, 1.807) is 12.1 Å². The summed E-state index contributed by atoms with van der Waals surface area (Å²) in [6, 6.07) is 2.25. The van der Waals surface area contributed by atoms with Gasteiger partial charge in [-0.1, -0.05) is 6.07 Å². The topological polar surface area (TPSA) is 165 Å². The summed E-state index contributed by atoms with van der Waals surface area (Å²) in [5.74, 6) is -2.09. The summed E-state index contributed by atoms with van der Waals surface area (Å²) in [6.45, 7) is 0.426. The van der Waals surface area contributed by atoms with Gasteiger partial charge in [0.05, 0.1) is 25.6 Å². The number of hydrogen-bond acceptors (Lipinski definition) is 7. The van der Waals surface area contributed by atoms with Crippen molar-refractivity contribution in [1.82, 2.24) is 4.90 Å². The fourth-order valence-electron chi connectivity index (χ4n) is 3.12. The number of benzene rings is 1. The Hall–Kier alpha value is -2.79. The monoisotopic (exact) mass is 377 g/mol. The Kier molecular flexibility index (Phi) is 5.24. The highest BCUT2D eigenvalue weighted by Gasteiger charge is 2.37. The van der Waals surface area contributed by atoms with Gasteiger partial charge in [0.15, 0.2) is 0 Å². The van der Waals surface area contributed by atoms with E-state index in [0.717, 1.165) is 0 Å². The molecule has 2 amide bonds. The number of hydrogen-bond donors (Lipinski definition) is 4. The van der Waals surface area contributed by atoms with E-state index in [-0.39, 0.29) is 36.6 Å². The molecule has 2 aliphatic rings. The number of ether oxygens (including phenoxy) is 1. The molecule has 10 nitrogen and oxygen atoms in total. The highest BCUT2D eigenvalue weighted by atomic mass is 16.5. The molecule has 0 saturated carbocycles. The summed E-state index contributed by atoms with van der Waals surface area (Å²) in [7, 11) is -1.06. The Morgan fingerprint density at radius 3 is 2.70 bits per heavy atom. The van der Waals surface area contributed by atoms with Crippen molar-refractivity contribution in [2.45, 2.75) is 31.3 Å². The van der Waals surface area contributed by atoms with Crippen LogP contribution in [0.4, 0.5) is 0 Å². The zero-order valence-electron chi connectivity index (χ0n) is 14.5. The van der Waals surface area contributed by atoms with Gasteiger partial charge in [-0.05, 0) is 24.4 Å². The van der Waals surface area contributed by atoms with Crippen LogP contribution in [0.15, 0.2) is 12.1 Å². The van der Waals surface area contributed by atoms with E-state index in [4.69, 9.17) is 20.9 Å². The predicted octanol–water partition coefficient (Wildman–Crippen LogP) is -1.41. The first-order valence-electron chi connectivity index (χ1n) is 8.49. The number of nitrogens with two attached hydrogens (primary N) is 2. The molecular weight excluding hydrogens is 357 g/mol. The van der Waals surface area contributed by atoms with Crippen LogP contribution < -0.4 is 20.9 Å². The quantitative estimate of drug-likeness (QED) is 0.439. The Morgan fingerprint density at radius 1 is 1.37 bits per heavy atom. The molecule has 1 atom stereocenters. The van der Waals surface area contributed by atoms with Crippen molar-refractivity contribution in [3.8, 4) is 11.5 Å². The smallest absolute Gasteiger partial charge is 0.522 e. The van der Waals surface area contributed by atoms with Crippen molar-refractivity contribution in [3.63, 3.8) is 0 Å². The van der Waals surface area contributed by atoms with E-state index < -0.39 is 37.0 Å². The number of likely N-dealkylation sites (tertiary alicyclic amines) is 1. The first kappa shape index (κ1) is 19.0. The zero-order valence-corrected chi connectivity index (χ0v) is 14.5. The molecule has 0 spiro atoms. The van der Waals surface area contributed by atoms with E-state index in [1.807, 2.05) is 0 Å². The van der Waals surface area contributed by atoms with Crippen molar-refractivity contribution >= 4 is 24.9 Å². The molecule has 11 heteroatoms. The van der Waals surface area contributed by atoms with Crippen LogP contribution in [0.1, 0.15) is 22.3 Å². The van der Waals surface area contributed by atoms with Crippen LogP contribution in [-0.2, 0) is 16.0 Å². The number of nitrogens with zero attached hydrogens (tertiary/aromatic N) is 1. The third kappa shape index (κ3) is 3.98. The minimum Gasteiger partial charge on any atom is -0.535 e. The lowest BCUT2D eigenvalue weighted by Gasteiger charge is -2.40. The first-order valence-corrected chi connectivity index (χ1v) is 8.49. The Bertz CT molecular complexity index is 782. The summed E-state index contributed by atoms with van der Waals surface area (Å²) in [4.78, 5) is 36.0. The minimum atomic E-state index is -1.23. The van der Waals surface area contributed by atoms with Gasteiger partial charge >= 0.3 is 13.1 Å². The number of carboxylic acids is 1. The maximum atomic E-state index is 12.1. The second-order valence-corrected chi connectivity index (χ2v) is 6.60. The minimum absolute atomic E-state index is 0.105. The van der Waals surface area contributed by atoms with Gasteiger partial charge in [-0.3, -0.25) is 9.59 Å². The highest BCUT2D eigenvalue weighted by molar-refractivity contribution is 6.44. The number of carbonyl (C=O) groups excluding carboxylic acids is 2. The van der Waals surface area contributed by atoms with Crippen molar-refractivity contribution in [3.05, 3.63) is 23.3 Å². The van der Waals surface area contributed by atoms with Gasteiger partial charge in [0, 0.05) is 0 Å². The summed E-state index contributed by atoms with van der Waals surface area (Å²) < 4.78 is 11.0. The van der Waals surface area contributed by atoms with E-state index in [0.29, 0.717) is 18.3 Å². The van der Waals surface area contributed by atoms with Gasteiger partial charge in [0.2, 0.25) is 11.8 Å². The summed E-state index contributed by atoms with van der Waals surface area (Å²) in [6.07, 6.45) is 0.228. The van der Waals surface area contributed by atoms with Gasteiger partial charge in [-0.15, -0.1) is 0 Å². The van der Waals surface area contributed by atoms with Crippen molar-refractivity contribution in [1.29, 1.82) is 0 Å². The molecule has 0 aliphatic carbocycles. The lowest BCUT2D eigenvalue weighted by molar-refractivity contribution is -0.142. The van der Waals surface area contributed by atoms with Gasteiger partial charge in [0.25, 0.3) is 0 Å². The molecular formula is C16H20BN3O7. The fraction of sp³-hybridized carbons (Fsp3) is 0.438. The van der Waals surface area contributed by atoms with Gasteiger partial charge < -0.3 is 35.9 Å².